The van der Waals surface area contributed by atoms with E-state index < -0.39 is 0 Å². The van der Waals surface area contributed by atoms with Gasteiger partial charge in [-0.3, -0.25) is 4.79 Å². The Hall–Kier alpha value is -1.68. The van der Waals surface area contributed by atoms with Crippen molar-refractivity contribution in [1.29, 1.82) is 0 Å². The van der Waals surface area contributed by atoms with Crippen molar-refractivity contribution in [2.75, 3.05) is 5.75 Å². The van der Waals surface area contributed by atoms with Crippen LogP contribution in [0.5, 0.6) is 0 Å². The van der Waals surface area contributed by atoms with E-state index in [2.05, 4.69) is 11.4 Å². The molecule has 1 heterocycles. The summed E-state index contributed by atoms with van der Waals surface area (Å²) in [6.07, 6.45) is 1.60. The first kappa shape index (κ1) is 12.8. The molecule has 0 spiro atoms. The number of aryl methyl sites for hydroxylation is 1. The second-order valence-electron chi connectivity index (χ2n) is 3.96. The van der Waals surface area contributed by atoms with Crippen LogP contribution in [0.1, 0.15) is 11.3 Å². The number of rotatable bonds is 5. The average molecular weight is 261 g/mol. The van der Waals surface area contributed by atoms with Crippen molar-refractivity contribution in [1.82, 2.24) is 5.32 Å². The first-order valence-corrected chi connectivity index (χ1v) is 6.71. The summed E-state index contributed by atoms with van der Waals surface area (Å²) in [6.45, 7) is 2.49. The fourth-order valence-corrected chi connectivity index (χ4v) is 2.35. The first-order valence-electron chi connectivity index (χ1n) is 5.72. The molecule has 0 saturated heterocycles. The lowest BCUT2D eigenvalue weighted by Crippen LogP contribution is -2.24. The molecule has 4 heteroatoms. The number of nitrogens with one attached hydrogen (secondary N) is 1. The van der Waals surface area contributed by atoms with Crippen molar-refractivity contribution in [3.8, 4) is 0 Å². The number of furan rings is 1. The molecule has 0 aliphatic rings. The number of benzene rings is 1. The molecule has 2 rings (SSSR count). The summed E-state index contributed by atoms with van der Waals surface area (Å²) < 4.78 is 5.14. The van der Waals surface area contributed by atoms with Gasteiger partial charge in [0.1, 0.15) is 5.76 Å². The van der Waals surface area contributed by atoms with Gasteiger partial charge in [0, 0.05) is 4.90 Å². The van der Waals surface area contributed by atoms with E-state index in [1.807, 2.05) is 37.3 Å². The van der Waals surface area contributed by atoms with Crippen LogP contribution in [0.25, 0.3) is 0 Å². The molecule has 3 nitrogen and oxygen atoms in total. The lowest BCUT2D eigenvalue weighted by molar-refractivity contribution is -0.118. The summed E-state index contributed by atoms with van der Waals surface area (Å²) in [7, 11) is 0. The molecular weight excluding hydrogens is 246 g/mol. The summed E-state index contributed by atoms with van der Waals surface area (Å²) in [4.78, 5) is 12.7. The van der Waals surface area contributed by atoms with Gasteiger partial charge < -0.3 is 9.73 Å². The van der Waals surface area contributed by atoms with Gasteiger partial charge in [0.2, 0.25) is 5.91 Å². The molecule has 1 amide bonds. The molecule has 94 valence electrons. The minimum Gasteiger partial charge on any atom is -0.467 e. The lowest BCUT2D eigenvalue weighted by Gasteiger charge is -2.04. The van der Waals surface area contributed by atoms with Gasteiger partial charge in [0.05, 0.1) is 18.6 Å². The van der Waals surface area contributed by atoms with Crippen LogP contribution < -0.4 is 5.32 Å². The predicted octanol–water partition coefficient (Wildman–Crippen LogP) is 3.00. The van der Waals surface area contributed by atoms with Crippen LogP contribution in [-0.4, -0.2) is 11.7 Å². The van der Waals surface area contributed by atoms with E-state index in [0.717, 1.165) is 10.7 Å². The fraction of sp³-hybridized carbons (Fsp3) is 0.214. The lowest BCUT2D eigenvalue weighted by atomic mass is 10.2. The van der Waals surface area contributed by atoms with E-state index in [1.54, 1.807) is 6.26 Å². The Morgan fingerprint density at radius 1 is 1.33 bits per heavy atom. The maximum atomic E-state index is 11.6. The quantitative estimate of drug-likeness (QED) is 0.841. The number of carbonyl (C=O) groups excluding carboxylic acids is 1. The van der Waals surface area contributed by atoms with Gasteiger partial charge in [-0.25, -0.2) is 0 Å². The Labute approximate surface area is 111 Å². The molecule has 2 aromatic rings. The van der Waals surface area contributed by atoms with E-state index >= 15 is 0 Å². The third-order valence-electron chi connectivity index (χ3n) is 2.40. The number of thioether (sulfide) groups is 1. The van der Waals surface area contributed by atoms with Crippen molar-refractivity contribution < 1.29 is 9.21 Å². The van der Waals surface area contributed by atoms with E-state index in [-0.39, 0.29) is 5.91 Å². The Morgan fingerprint density at radius 2 is 2.22 bits per heavy atom. The maximum Gasteiger partial charge on any atom is 0.230 e. The molecule has 1 aromatic heterocycles. The van der Waals surface area contributed by atoms with Gasteiger partial charge in [-0.2, -0.15) is 0 Å². The normalized spacial score (nSPS) is 10.3. The van der Waals surface area contributed by atoms with Gasteiger partial charge >= 0.3 is 0 Å². The Balaban J connectivity index is 1.75. The van der Waals surface area contributed by atoms with Crippen LogP contribution in [0.3, 0.4) is 0 Å². The van der Waals surface area contributed by atoms with Gasteiger partial charge in [-0.05, 0) is 31.2 Å². The summed E-state index contributed by atoms with van der Waals surface area (Å²) in [5.41, 5.74) is 1.20. The Morgan fingerprint density at radius 3 is 2.94 bits per heavy atom. The second kappa shape index (κ2) is 6.31. The highest BCUT2D eigenvalue weighted by atomic mass is 32.2. The summed E-state index contributed by atoms with van der Waals surface area (Å²) >= 11 is 1.54. The zero-order valence-corrected chi connectivity index (χ0v) is 11.0. The van der Waals surface area contributed by atoms with Crippen LogP contribution >= 0.6 is 11.8 Å². The van der Waals surface area contributed by atoms with Gasteiger partial charge in [-0.15, -0.1) is 11.8 Å². The summed E-state index contributed by atoms with van der Waals surface area (Å²) in [6, 6.07) is 11.8. The topological polar surface area (TPSA) is 42.2 Å². The number of carbonyl (C=O) groups is 1. The standard InChI is InChI=1S/C14H15NO2S/c1-11-4-2-6-13(8-11)18-10-14(16)15-9-12-5-3-7-17-12/h2-8H,9-10H2,1H3,(H,15,16). The van der Waals surface area contributed by atoms with Crippen molar-refractivity contribution in [3.63, 3.8) is 0 Å². The Kier molecular flexibility index (Phi) is 4.47. The van der Waals surface area contributed by atoms with Crippen LogP contribution in [0, 0.1) is 6.92 Å². The third-order valence-corrected chi connectivity index (χ3v) is 3.39. The molecule has 1 N–H and O–H groups in total. The van der Waals surface area contributed by atoms with Crippen molar-refractivity contribution in [2.45, 2.75) is 18.4 Å². The maximum absolute atomic E-state index is 11.6. The first-order chi connectivity index (χ1) is 8.74. The highest BCUT2D eigenvalue weighted by molar-refractivity contribution is 8.00. The van der Waals surface area contributed by atoms with E-state index in [4.69, 9.17) is 4.42 Å². The molecule has 18 heavy (non-hydrogen) atoms. The molecule has 0 fully saturated rings. The third kappa shape index (κ3) is 3.96. The predicted molar refractivity (Wildman–Crippen MR) is 72.5 cm³/mol. The molecule has 0 radical (unpaired) electrons. The zero-order valence-electron chi connectivity index (χ0n) is 10.2. The van der Waals surface area contributed by atoms with E-state index in [1.165, 1.54) is 17.3 Å². The van der Waals surface area contributed by atoms with Crippen molar-refractivity contribution in [3.05, 3.63) is 54.0 Å². The minimum atomic E-state index is 0.0120. The van der Waals surface area contributed by atoms with Crippen molar-refractivity contribution in [2.24, 2.45) is 0 Å². The van der Waals surface area contributed by atoms with Crippen LogP contribution in [0.4, 0.5) is 0 Å². The van der Waals surface area contributed by atoms with Gasteiger partial charge in [0.15, 0.2) is 0 Å². The van der Waals surface area contributed by atoms with E-state index in [9.17, 15) is 4.79 Å². The SMILES string of the molecule is Cc1cccc(SCC(=O)NCc2ccco2)c1. The molecule has 0 atom stereocenters. The fourth-order valence-electron chi connectivity index (χ4n) is 1.50. The highest BCUT2D eigenvalue weighted by Gasteiger charge is 2.04. The van der Waals surface area contributed by atoms with Crippen LogP contribution in [0.15, 0.2) is 52.0 Å². The molecule has 0 bridgehead atoms. The smallest absolute Gasteiger partial charge is 0.230 e. The number of hydrogen-bond acceptors (Lipinski definition) is 3. The molecule has 0 aliphatic heterocycles. The van der Waals surface area contributed by atoms with Crippen LogP contribution in [0.2, 0.25) is 0 Å². The summed E-state index contributed by atoms with van der Waals surface area (Å²) in [5, 5.41) is 2.82. The van der Waals surface area contributed by atoms with Crippen molar-refractivity contribution >= 4 is 17.7 Å². The molecule has 0 saturated carbocycles. The minimum absolute atomic E-state index is 0.0120. The molecule has 0 unspecified atom stereocenters. The molecule has 1 aromatic carbocycles. The summed E-state index contributed by atoms with van der Waals surface area (Å²) in [5.74, 6) is 1.20. The molecule has 0 aliphatic carbocycles. The second-order valence-corrected chi connectivity index (χ2v) is 5.01. The monoisotopic (exact) mass is 261 g/mol. The van der Waals surface area contributed by atoms with E-state index in [0.29, 0.717) is 12.3 Å². The van der Waals surface area contributed by atoms with Gasteiger partial charge in [-0.1, -0.05) is 17.7 Å². The number of hydrogen-bond donors (Lipinski definition) is 1. The average Bonchev–Trinajstić information content (AvgIpc) is 2.87. The van der Waals surface area contributed by atoms with Gasteiger partial charge in [0.25, 0.3) is 0 Å². The largest absolute Gasteiger partial charge is 0.467 e. The zero-order chi connectivity index (χ0) is 12.8. The molecular formula is C14H15NO2S. The Bertz CT molecular complexity index is 508. The van der Waals surface area contributed by atoms with Crippen LogP contribution in [-0.2, 0) is 11.3 Å². The highest BCUT2D eigenvalue weighted by Crippen LogP contribution is 2.18. The number of amides is 1.